The number of aromatic amines is 1. The van der Waals surface area contributed by atoms with E-state index in [1.54, 1.807) is 12.3 Å². The lowest BCUT2D eigenvalue weighted by atomic mass is 10.0. The second-order valence-electron chi connectivity index (χ2n) is 8.35. The predicted octanol–water partition coefficient (Wildman–Crippen LogP) is 4.87. The van der Waals surface area contributed by atoms with Crippen molar-refractivity contribution in [2.75, 3.05) is 37.4 Å². The molecule has 34 heavy (non-hydrogen) atoms. The number of benzene rings is 1. The Morgan fingerprint density at radius 3 is 2.56 bits per heavy atom. The Morgan fingerprint density at radius 1 is 1.18 bits per heavy atom. The van der Waals surface area contributed by atoms with Crippen molar-refractivity contribution < 1.29 is 14.0 Å². The maximum absolute atomic E-state index is 14.3. The number of halogens is 3. The molecule has 1 fully saturated rings. The van der Waals surface area contributed by atoms with Crippen LogP contribution in [0.2, 0.25) is 10.0 Å². The van der Waals surface area contributed by atoms with Gasteiger partial charge in [0, 0.05) is 24.8 Å². The number of hydrogen-bond acceptors (Lipinski definition) is 5. The standard InChI is InChI=1S/C24H24Cl2FN5O2/c1-31-9-7-16(8-10-31)32(2)20-6-3-15(13-29-20)30-24(34)19-11-14(12-28-19)23(33)21-17(25)4-5-18(26)22(21)27/h3-6,11-13,16,28H,7-10H2,1-2H3,(H,30,34). The van der Waals surface area contributed by atoms with Crippen molar-refractivity contribution >= 4 is 46.4 Å². The highest BCUT2D eigenvalue weighted by atomic mass is 35.5. The van der Waals surface area contributed by atoms with E-state index < -0.39 is 17.5 Å². The van der Waals surface area contributed by atoms with E-state index in [0.29, 0.717) is 11.7 Å². The second kappa shape index (κ2) is 10.1. The summed E-state index contributed by atoms with van der Waals surface area (Å²) < 4.78 is 14.3. The minimum Gasteiger partial charge on any atom is -0.357 e. The molecule has 7 nitrogen and oxygen atoms in total. The number of nitrogens with zero attached hydrogens (tertiary/aromatic N) is 3. The van der Waals surface area contributed by atoms with Gasteiger partial charge in [-0.3, -0.25) is 9.59 Å². The monoisotopic (exact) mass is 503 g/mol. The Hall–Kier alpha value is -2.94. The van der Waals surface area contributed by atoms with Crippen LogP contribution in [-0.2, 0) is 0 Å². The molecular weight excluding hydrogens is 480 g/mol. The van der Waals surface area contributed by atoms with Crippen molar-refractivity contribution in [2.24, 2.45) is 0 Å². The van der Waals surface area contributed by atoms with Crippen LogP contribution in [0.5, 0.6) is 0 Å². The minimum atomic E-state index is -0.900. The predicted molar refractivity (Wildman–Crippen MR) is 132 cm³/mol. The normalized spacial score (nSPS) is 14.7. The number of anilines is 2. The van der Waals surface area contributed by atoms with Crippen molar-refractivity contribution in [3.63, 3.8) is 0 Å². The summed E-state index contributed by atoms with van der Waals surface area (Å²) in [6.07, 6.45) is 5.07. The maximum Gasteiger partial charge on any atom is 0.272 e. The zero-order valence-corrected chi connectivity index (χ0v) is 20.3. The number of likely N-dealkylation sites (tertiary alicyclic amines) is 1. The Labute approximate surface area is 206 Å². The van der Waals surface area contributed by atoms with Crippen molar-refractivity contribution in [1.82, 2.24) is 14.9 Å². The number of aromatic nitrogens is 2. The molecule has 1 aromatic carbocycles. The van der Waals surface area contributed by atoms with Crippen molar-refractivity contribution in [3.8, 4) is 0 Å². The summed E-state index contributed by atoms with van der Waals surface area (Å²) in [5.74, 6) is -1.21. The van der Waals surface area contributed by atoms with Crippen LogP contribution in [0, 0.1) is 5.82 Å². The molecule has 0 aliphatic carbocycles. The van der Waals surface area contributed by atoms with Gasteiger partial charge in [-0.25, -0.2) is 9.37 Å². The molecular formula is C24H24Cl2FN5O2. The highest BCUT2D eigenvalue weighted by Gasteiger charge is 2.23. The van der Waals surface area contributed by atoms with E-state index >= 15 is 0 Å². The van der Waals surface area contributed by atoms with Gasteiger partial charge < -0.3 is 20.1 Å². The van der Waals surface area contributed by atoms with Crippen LogP contribution in [0.3, 0.4) is 0 Å². The van der Waals surface area contributed by atoms with Gasteiger partial charge in [0.2, 0.25) is 0 Å². The third-order valence-electron chi connectivity index (χ3n) is 6.06. The van der Waals surface area contributed by atoms with Crippen molar-refractivity contribution in [1.29, 1.82) is 0 Å². The van der Waals surface area contributed by atoms with Crippen molar-refractivity contribution in [3.05, 3.63) is 75.4 Å². The summed E-state index contributed by atoms with van der Waals surface area (Å²) in [6.45, 7) is 2.11. The first-order valence-corrected chi connectivity index (χ1v) is 11.6. The molecule has 10 heteroatoms. The van der Waals surface area contributed by atoms with Gasteiger partial charge in [-0.15, -0.1) is 0 Å². The third-order valence-corrected chi connectivity index (χ3v) is 6.67. The molecule has 2 aromatic heterocycles. The topological polar surface area (TPSA) is 81.3 Å². The smallest absolute Gasteiger partial charge is 0.272 e. The Balaban J connectivity index is 1.42. The molecule has 3 aromatic rings. The summed E-state index contributed by atoms with van der Waals surface area (Å²) in [5.41, 5.74) is 0.390. The largest absolute Gasteiger partial charge is 0.357 e. The van der Waals surface area contributed by atoms with E-state index in [9.17, 15) is 14.0 Å². The maximum atomic E-state index is 14.3. The van der Waals surface area contributed by atoms with E-state index in [-0.39, 0.29) is 26.9 Å². The quantitative estimate of drug-likeness (QED) is 0.370. The van der Waals surface area contributed by atoms with E-state index in [1.165, 1.54) is 24.4 Å². The van der Waals surface area contributed by atoms with Crippen LogP contribution in [0.4, 0.5) is 15.9 Å². The van der Waals surface area contributed by atoms with E-state index in [2.05, 4.69) is 32.1 Å². The molecule has 2 N–H and O–H groups in total. The summed E-state index contributed by atoms with van der Waals surface area (Å²) in [7, 11) is 4.16. The highest BCUT2D eigenvalue weighted by molar-refractivity contribution is 6.37. The number of pyridine rings is 1. The molecule has 0 bridgehead atoms. The first-order chi connectivity index (χ1) is 16.2. The number of H-pyrrole nitrogens is 1. The van der Waals surface area contributed by atoms with Gasteiger partial charge in [-0.1, -0.05) is 23.2 Å². The molecule has 4 rings (SSSR count). The van der Waals surface area contributed by atoms with Crippen LogP contribution < -0.4 is 10.2 Å². The van der Waals surface area contributed by atoms with E-state index in [1.807, 2.05) is 13.1 Å². The molecule has 1 aliphatic rings. The van der Waals surface area contributed by atoms with Crippen molar-refractivity contribution in [2.45, 2.75) is 18.9 Å². The average molecular weight is 504 g/mol. The number of hydrogen-bond donors (Lipinski definition) is 2. The number of carbonyl (C=O) groups is 2. The summed E-state index contributed by atoms with van der Waals surface area (Å²) in [4.78, 5) is 37.1. The fraction of sp³-hybridized carbons (Fsp3) is 0.292. The average Bonchev–Trinajstić information content (AvgIpc) is 3.33. The highest BCUT2D eigenvalue weighted by Crippen LogP contribution is 2.28. The van der Waals surface area contributed by atoms with Gasteiger partial charge in [0.25, 0.3) is 5.91 Å². The van der Waals surface area contributed by atoms with Gasteiger partial charge in [0.1, 0.15) is 11.5 Å². The summed E-state index contributed by atoms with van der Waals surface area (Å²) in [5, 5.41) is 2.47. The second-order valence-corrected chi connectivity index (χ2v) is 9.17. The molecule has 1 saturated heterocycles. The molecule has 1 aliphatic heterocycles. The molecule has 3 heterocycles. The van der Waals surface area contributed by atoms with Gasteiger partial charge in [-0.05, 0) is 63.3 Å². The molecule has 0 atom stereocenters. The summed E-state index contributed by atoms with van der Waals surface area (Å²) in [6, 6.07) is 8.03. The van der Waals surface area contributed by atoms with Crippen LogP contribution in [-0.4, -0.2) is 59.8 Å². The lowest BCUT2D eigenvalue weighted by molar-refractivity contribution is 0.102. The van der Waals surface area contributed by atoms with Gasteiger partial charge in [-0.2, -0.15) is 0 Å². The number of ketones is 1. The molecule has 1 amide bonds. The SMILES string of the molecule is CN1CCC(N(C)c2ccc(NC(=O)c3cc(C(=O)c4c(Cl)ccc(Cl)c4F)c[nH]3)cn2)CC1. The van der Waals surface area contributed by atoms with Gasteiger partial charge >= 0.3 is 0 Å². The minimum absolute atomic E-state index is 0.0597. The summed E-state index contributed by atoms with van der Waals surface area (Å²) >= 11 is 11.8. The zero-order valence-electron chi connectivity index (χ0n) is 18.7. The van der Waals surface area contributed by atoms with E-state index in [0.717, 1.165) is 31.7 Å². The van der Waals surface area contributed by atoms with Crippen LogP contribution >= 0.6 is 23.2 Å². The molecule has 178 valence electrons. The molecule has 0 radical (unpaired) electrons. The number of piperidine rings is 1. The Bertz CT molecular complexity index is 1210. The Kier molecular flexibility index (Phi) is 7.21. The van der Waals surface area contributed by atoms with Gasteiger partial charge in [0.15, 0.2) is 11.6 Å². The van der Waals surface area contributed by atoms with E-state index in [4.69, 9.17) is 23.2 Å². The Morgan fingerprint density at radius 2 is 1.88 bits per heavy atom. The number of amides is 1. The molecule has 0 spiro atoms. The first-order valence-electron chi connectivity index (χ1n) is 10.8. The van der Waals surface area contributed by atoms with Crippen LogP contribution in [0.1, 0.15) is 39.3 Å². The number of rotatable bonds is 6. The lowest BCUT2D eigenvalue weighted by Crippen LogP contribution is -2.42. The lowest BCUT2D eigenvalue weighted by Gasteiger charge is -2.35. The number of nitrogens with one attached hydrogen (secondary N) is 2. The zero-order chi connectivity index (χ0) is 24.4. The molecule has 0 saturated carbocycles. The van der Waals surface area contributed by atoms with Crippen LogP contribution in [0.15, 0.2) is 42.7 Å². The fourth-order valence-corrected chi connectivity index (χ4v) is 4.36. The van der Waals surface area contributed by atoms with Gasteiger partial charge in [0.05, 0.1) is 27.5 Å². The van der Waals surface area contributed by atoms with Crippen LogP contribution in [0.25, 0.3) is 0 Å². The fourth-order valence-electron chi connectivity index (χ4n) is 3.97. The molecule has 0 unspecified atom stereocenters. The first kappa shape index (κ1) is 24.2. The third kappa shape index (κ3) is 5.09. The number of carbonyl (C=O) groups excluding carboxylic acids is 2.